The lowest BCUT2D eigenvalue weighted by Gasteiger charge is -2.16. The molecule has 1 aliphatic rings. The Kier molecular flexibility index (Phi) is 7.77. The van der Waals surface area contributed by atoms with Crippen LogP contribution in [0.3, 0.4) is 0 Å². The molecule has 2 aromatic carbocycles. The Balaban J connectivity index is 1.17. The van der Waals surface area contributed by atoms with E-state index in [1.807, 2.05) is 31.2 Å². The number of nitrogens with one attached hydrogen (secondary N) is 2. The molecule has 9 heteroatoms. The Morgan fingerprint density at radius 1 is 1.06 bits per heavy atom. The third-order valence-corrected chi connectivity index (χ3v) is 6.86. The number of aromatic nitrogens is 1. The molecule has 3 N–H and O–H groups in total. The zero-order valence-corrected chi connectivity index (χ0v) is 20.1. The number of amides is 2. The van der Waals surface area contributed by atoms with Gasteiger partial charge in [0.05, 0.1) is 6.54 Å². The fraction of sp³-hybridized carbons (Fsp3) is 0.308. The molecule has 1 aliphatic carbocycles. The van der Waals surface area contributed by atoms with Gasteiger partial charge in [0, 0.05) is 24.3 Å². The summed E-state index contributed by atoms with van der Waals surface area (Å²) in [7, 11) is 0. The highest BCUT2D eigenvalue weighted by molar-refractivity contribution is 7.09. The maximum Gasteiger partial charge on any atom is 0.407 e. The van der Waals surface area contributed by atoms with E-state index in [1.54, 1.807) is 0 Å². The van der Waals surface area contributed by atoms with E-state index in [4.69, 9.17) is 9.84 Å². The highest BCUT2D eigenvalue weighted by atomic mass is 32.1. The van der Waals surface area contributed by atoms with Crippen LogP contribution in [0.5, 0.6) is 0 Å². The molecule has 1 unspecified atom stereocenters. The lowest BCUT2D eigenvalue weighted by atomic mass is 9.98. The summed E-state index contributed by atoms with van der Waals surface area (Å²) < 4.78 is 5.55. The van der Waals surface area contributed by atoms with Crippen molar-refractivity contribution in [1.82, 2.24) is 15.6 Å². The first-order valence-electron chi connectivity index (χ1n) is 11.5. The number of rotatable bonds is 10. The van der Waals surface area contributed by atoms with Crippen molar-refractivity contribution in [1.29, 1.82) is 0 Å². The van der Waals surface area contributed by atoms with Crippen LogP contribution in [0, 0.1) is 5.92 Å². The van der Waals surface area contributed by atoms with E-state index >= 15 is 0 Å². The van der Waals surface area contributed by atoms with E-state index in [1.165, 1.54) is 27.8 Å². The molecular formula is C26H27N3O5S. The van der Waals surface area contributed by atoms with E-state index in [0.717, 1.165) is 11.1 Å². The number of hydrogen-bond acceptors (Lipinski definition) is 6. The molecular weight excluding hydrogens is 466 g/mol. The summed E-state index contributed by atoms with van der Waals surface area (Å²) in [4.78, 5) is 39.2. The van der Waals surface area contributed by atoms with E-state index in [-0.39, 0.29) is 36.6 Å². The van der Waals surface area contributed by atoms with Crippen LogP contribution in [0.1, 0.15) is 52.3 Å². The molecule has 0 fully saturated rings. The number of nitrogens with zero attached hydrogens (tertiary/aromatic N) is 1. The first-order valence-corrected chi connectivity index (χ1v) is 12.3. The minimum Gasteiger partial charge on any atom is -0.476 e. The molecule has 4 rings (SSSR count). The van der Waals surface area contributed by atoms with Crippen molar-refractivity contribution in [3.8, 4) is 11.1 Å². The molecule has 0 bridgehead atoms. The number of carboxylic acid groups (broad SMARTS) is 1. The summed E-state index contributed by atoms with van der Waals surface area (Å²) in [6.45, 7) is 2.82. The SMILES string of the molecule is CC(CCC(=O)NCc1nc(C(=O)O)cs1)CNC(=O)OCC1c2ccccc2-c2ccccc21. The van der Waals surface area contributed by atoms with Gasteiger partial charge in [0.2, 0.25) is 5.91 Å². The summed E-state index contributed by atoms with van der Waals surface area (Å²) in [5.74, 6) is -1.14. The molecule has 3 aromatic rings. The Hall–Kier alpha value is -3.72. The van der Waals surface area contributed by atoms with Crippen LogP contribution in [0.25, 0.3) is 11.1 Å². The smallest absolute Gasteiger partial charge is 0.407 e. The van der Waals surface area contributed by atoms with Crippen LogP contribution >= 0.6 is 11.3 Å². The van der Waals surface area contributed by atoms with Crippen LogP contribution in [0.15, 0.2) is 53.9 Å². The van der Waals surface area contributed by atoms with Gasteiger partial charge in [-0.15, -0.1) is 11.3 Å². The molecule has 2 amide bonds. The van der Waals surface area contributed by atoms with Crippen molar-refractivity contribution in [2.45, 2.75) is 32.2 Å². The summed E-state index contributed by atoms with van der Waals surface area (Å²) in [6.07, 6.45) is 0.416. The first-order chi connectivity index (χ1) is 16.9. The quantitative estimate of drug-likeness (QED) is 0.385. The predicted molar refractivity (Wildman–Crippen MR) is 132 cm³/mol. The number of benzene rings is 2. The lowest BCUT2D eigenvalue weighted by Crippen LogP contribution is -2.31. The molecule has 0 radical (unpaired) electrons. The molecule has 0 spiro atoms. The van der Waals surface area contributed by atoms with E-state index < -0.39 is 12.1 Å². The predicted octanol–water partition coefficient (Wildman–Crippen LogP) is 4.41. The number of alkyl carbamates (subject to hydrolysis) is 1. The summed E-state index contributed by atoms with van der Waals surface area (Å²) in [5, 5.41) is 16.4. The van der Waals surface area contributed by atoms with Crippen molar-refractivity contribution >= 4 is 29.3 Å². The van der Waals surface area contributed by atoms with E-state index in [2.05, 4.69) is 39.9 Å². The standard InChI is InChI=1S/C26H27N3O5S/c1-16(10-11-23(30)27-13-24-29-22(15-35-24)25(31)32)12-28-26(33)34-14-21-19-8-4-2-6-17(19)18-7-3-5-9-20(18)21/h2-9,15-16,21H,10-14H2,1H3,(H,27,30)(H,28,33)(H,31,32). The first kappa shape index (κ1) is 24.4. The van der Waals surface area contributed by atoms with E-state index in [0.29, 0.717) is 24.4 Å². The maximum atomic E-state index is 12.3. The normalized spacial score (nSPS) is 12.9. The van der Waals surface area contributed by atoms with Gasteiger partial charge in [-0.3, -0.25) is 4.79 Å². The molecule has 1 aromatic heterocycles. The number of carbonyl (C=O) groups excluding carboxylic acids is 2. The number of ether oxygens (including phenoxy) is 1. The average Bonchev–Trinajstić information content (AvgIpc) is 3.47. The van der Waals surface area contributed by atoms with Crippen molar-refractivity contribution in [3.05, 3.63) is 75.7 Å². The van der Waals surface area contributed by atoms with E-state index in [9.17, 15) is 14.4 Å². The van der Waals surface area contributed by atoms with Crippen molar-refractivity contribution in [2.24, 2.45) is 5.92 Å². The van der Waals surface area contributed by atoms with Gasteiger partial charge in [0.1, 0.15) is 11.6 Å². The van der Waals surface area contributed by atoms with Crippen LogP contribution in [-0.2, 0) is 16.1 Å². The average molecular weight is 494 g/mol. The van der Waals surface area contributed by atoms with Crippen LogP contribution < -0.4 is 10.6 Å². The Morgan fingerprint density at radius 2 is 1.71 bits per heavy atom. The zero-order valence-electron chi connectivity index (χ0n) is 19.3. The number of hydrogen-bond donors (Lipinski definition) is 3. The molecule has 1 heterocycles. The molecule has 0 saturated heterocycles. The number of fused-ring (bicyclic) bond motifs is 3. The van der Waals surface area contributed by atoms with Gasteiger partial charge in [-0.1, -0.05) is 55.5 Å². The van der Waals surface area contributed by atoms with Gasteiger partial charge in [0.15, 0.2) is 5.69 Å². The highest BCUT2D eigenvalue weighted by Gasteiger charge is 2.29. The van der Waals surface area contributed by atoms with Crippen LogP contribution in [0.2, 0.25) is 0 Å². The lowest BCUT2D eigenvalue weighted by molar-refractivity contribution is -0.121. The van der Waals surface area contributed by atoms with Crippen LogP contribution in [0.4, 0.5) is 4.79 Å². The Labute approximate surface area is 207 Å². The third-order valence-electron chi connectivity index (χ3n) is 6.01. The molecule has 35 heavy (non-hydrogen) atoms. The Bertz CT molecular complexity index is 1180. The van der Waals surface area contributed by atoms with Crippen molar-refractivity contribution < 1.29 is 24.2 Å². The van der Waals surface area contributed by atoms with Crippen molar-refractivity contribution in [2.75, 3.05) is 13.2 Å². The second-order valence-electron chi connectivity index (χ2n) is 8.56. The molecule has 0 aliphatic heterocycles. The highest BCUT2D eigenvalue weighted by Crippen LogP contribution is 2.44. The van der Waals surface area contributed by atoms with Gasteiger partial charge >= 0.3 is 12.1 Å². The summed E-state index contributed by atoms with van der Waals surface area (Å²) in [5.41, 5.74) is 4.67. The fourth-order valence-corrected chi connectivity index (χ4v) is 4.85. The minimum absolute atomic E-state index is 0.0127. The molecule has 182 valence electrons. The number of thiazole rings is 1. The monoisotopic (exact) mass is 493 g/mol. The van der Waals surface area contributed by atoms with Crippen LogP contribution in [-0.4, -0.2) is 41.2 Å². The summed E-state index contributed by atoms with van der Waals surface area (Å²) in [6, 6.07) is 16.4. The number of aromatic carboxylic acids is 1. The van der Waals surface area contributed by atoms with Gasteiger partial charge in [-0.05, 0) is 34.6 Å². The van der Waals surface area contributed by atoms with Gasteiger partial charge < -0.3 is 20.5 Å². The fourth-order valence-electron chi connectivity index (χ4n) is 4.14. The third kappa shape index (κ3) is 6.05. The second kappa shape index (κ2) is 11.1. The summed E-state index contributed by atoms with van der Waals surface area (Å²) >= 11 is 1.19. The zero-order chi connectivity index (χ0) is 24.8. The second-order valence-corrected chi connectivity index (χ2v) is 9.50. The number of carbonyl (C=O) groups is 3. The van der Waals surface area contributed by atoms with Crippen molar-refractivity contribution in [3.63, 3.8) is 0 Å². The van der Waals surface area contributed by atoms with Gasteiger partial charge in [0.25, 0.3) is 0 Å². The molecule has 0 saturated carbocycles. The minimum atomic E-state index is -1.09. The maximum absolute atomic E-state index is 12.3. The molecule has 8 nitrogen and oxygen atoms in total. The Morgan fingerprint density at radius 3 is 2.34 bits per heavy atom. The van der Waals surface area contributed by atoms with Gasteiger partial charge in [-0.25, -0.2) is 14.6 Å². The number of carboxylic acids is 1. The largest absolute Gasteiger partial charge is 0.476 e. The molecule has 1 atom stereocenters. The topological polar surface area (TPSA) is 118 Å². The van der Waals surface area contributed by atoms with Gasteiger partial charge in [-0.2, -0.15) is 0 Å².